The Morgan fingerprint density at radius 2 is 1.89 bits per heavy atom. The fourth-order valence-corrected chi connectivity index (χ4v) is 5.44. The van der Waals surface area contributed by atoms with Gasteiger partial charge in [0.15, 0.2) is 5.65 Å². The Balaban J connectivity index is 1.18. The van der Waals surface area contributed by atoms with Crippen molar-refractivity contribution in [1.82, 2.24) is 24.3 Å². The number of likely N-dealkylation sites (N-methyl/N-ethyl adjacent to an activating group) is 1. The van der Waals surface area contributed by atoms with Crippen LogP contribution in [-0.2, 0) is 11.2 Å². The van der Waals surface area contributed by atoms with Crippen molar-refractivity contribution in [3.63, 3.8) is 0 Å². The highest BCUT2D eigenvalue weighted by Gasteiger charge is 2.24. The van der Waals surface area contributed by atoms with Gasteiger partial charge in [-0.2, -0.15) is 5.26 Å². The number of aromatic nitrogens is 4. The number of piperazine rings is 1. The van der Waals surface area contributed by atoms with Gasteiger partial charge in [0.25, 0.3) is 0 Å². The summed E-state index contributed by atoms with van der Waals surface area (Å²) in [7, 11) is 0. The van der Waals surface area contributed by atoms with Crippen LogP contribution < -0.4 is 15.1 Å². The summed E-state index contributed by atoms with van der Waals surface area (Å²) in [6, 6.07) is 10.6. The number of rotatable bonds is 6. The highest BCUT2D eigenvalue weighted by molar-refractivity contribution is 5.84. The number of pyridine rings is 1. The Labute approximate surface area is 221 Å². The van der Waals surface area contributed by atoms with Crippen LogP contribution >= 0.6 is 0 Å². The van der Waals surface area contributed by atoms with Gasteiger partial charge in [-0.3, -0.25) is 19.2 Å². The summed E-state index contributed by atoms with van der Waals surface area (Å²) in [6.07, 6.45) is 9.62. The Kier molecular flexibility index (Phi) is 6.25. The smallest absolute Gasteiger partial charge is 0.242 e. The monoisotopic (exact) mass is 507 g/mol. The number of nitriles is 1. The van der Waals surface area contributed by atoms with E-state index < -0.39 is 0 Å². The number of anilines is 3. The SMILES string of the molecule is CCN1CCc2cc(-c3nc4cnccn4c3NCC(=O)N3CCN(c4ccncc4C#N)CC3)ccc21. The topological polar surface area (TPSA) is 106 Å². The average Bonchev–Trinajstić information content (AvgIpc) is 3.56. The molecule has 0 unspecified atom stereocenters. The van der Waals surface area contributed by atoms with E-state index in [0.717, 1.165) is 47.9 Å². The Morgan fingerprint density at radius 3 is 2.71 bits per heavy atom. The quantitative estimate of drug-likeness (QED) is 0.425. The van der Waals surface area contributed by atoms with Crippen LogP contribution in [0.25, 0.3) is 16.9 Å². The van der Waals surface area contributed by atoms with E-state index in [1.54, 1.807) is 24.8 Å². The molecule has 3 aromatic heterocycles. The summed E-state index contributed by atoms with van der Waals surface area (Å²) < 4.78 is 1.95. The second-order valence-electron chi connectivity index (χ2n) is 9.51. The lowest BCUT2D eigenvalue weighted by Crippen LogP contribution is -2.50. The van der Waals surface area contributed by atoms with Gasteiger partial charge in [-0.1, -0.05) is 6.07 Å². The number of nitrogens with one attached hydrogen (secondary N) is 1. The third-order valence-electron chi connectivity index (χ3n) is 7.46. The first kappa shape index (κ1) is 23.7. The van der Waals surface area contributed by atoms with E-state index in [0.29, 0.717) is 31.7 Å². The van der Waals surface area contributed by atoms with Gasteiger partial charge >= 0.3 is 0 Å². The van der Waals surface area contributed by atoms with Crippen molar-refractivity contribution < 1.29 is 4.79 Å². The summed E-state index contributed by atoms with van der Waals surface area (Å²) in [5.74, 6) is 0.817. The standard InChI is InChI=1S/C28H29N9O/c1-2-34-9-6-20-15-21(3-4-23(20)34)27-28(37-10-8-31-18-25(37)33-27)32-19-26(38)36-13-11-35(12-14-36)24-5-7-30-17-22(24)16-29/h3-5,7-8,10,15,17-18,32H,2,6,9,11-14,19H2,1H3. The minimum Gasteiger partial charge on any atom is -0.371 e. The maximum atomic E-state index is 13.2. The average molecular weight is 508 g/mol. The molecule has 0 radical (unpaired) electrons. The van der Waals surface area contributed by atoms with Gasteiger partial charge in [0.2, 0.25) is 5.91 Å². The van der Waals surface area contributed by atoms with Crippen molar-refractivity contribution in [2.24, 2.45) is 0 Å². The predicted molar refractivity (Wildman–Crippen MR) is 146 cm³/mol. The van der Waals surface area contributed by atoms with Crippen molar-refractivity contribution in [1.29, 1.82) is 5.26 Å². The Bertz CT molecular complexity index is 1530. The molecule has 38 heavy (non-hydrogen) atoms. The molecule has 2 aliphatic rings. The Morgan fingerprint density at radius 1 is 1.05 bits per heavy atom. The van der Waals surface area contributed by atoms with E-state index >= 15 is 0 Å². The molecule has 192 valence electrons. The second kappa shape index (κ2) is 10.0. The summed E-state index contributed by atoms with van der Waals surface area (Å²) in [6.45, 7) is 6.90. The summed E-state index contributed by atoms with van der Waals surface area (Å²) in [4.78, 5) is 32.7. The van der Waals surface area contributed by atoms with Crippen molar-refractivity contribution in [3.8, 4) is 17.3 Å². The first-order valence-electron chi connectivity index (χ1n) is 13.0. The molecule has 1 amide bonds. The number of nitrogens with zero attached hydrogens (tertiary/aromatic N) is 8. The van der Waals surface area contributed by atoms with Crippen LogP contribution in [0.2, 0.25) is 0 Å². The van der Waals surface area contributed by atoms with E-state index in [2.05, 4.69) is 56.3 Å². The van der Waals surface area contributed by atoms with E-state index in [-0.39, 0.29) is 12.5 Å². The number of amides is 1. The van der Waals surface area contributed by atoms with Gasteiger partial charge in [-0.25, -0.2) is 4.98 Å². The van der Waals surface area contributed by atoms with Crippen LogP contribution in [0.5, 0.6) is 0 Å². The van der Waals surface area contributed by atoms with Crippen LogP contribution in [0.3, 0.4) is 0 Å². The number of hydrogen-bond acceptors (Lipinski definition) is 8. The molecule has 0 spiro atoms. The van der Waals surface area contributed by atoms with Gasteiger partial charge in [0.05, 0.1) is 24.0 Å². The lowest BCUT2D eigenvalue weighted by atomic mass is 10.1. The van der Waals surface area contributed by atoms with Crippen LogP contribution in [-0.4, -0.2) is 76.0 Å². The zero-order valence-corrected chi connectivity index (χ0v) is 21.3. The van der Waals surface area contributed by atoms with Gasteiger partial charge in [0.1, 0.15) is 17.6 Å². The molecule has 10 nitrogen and oxygen atoms in total. The summed E-state index contributed by atoms with van der Waals surface area (Å²) >= 11 is 0. The molecule has 1 aromatic carbocycles. The van der Waals surface area contributed by atoms with E-state index in [9.17, 15) is 10.1 Å². The molecule has 4 aromatic rings. The van der Waals surface area contributed by atoms with Gasteiger partial charge in [-0.05, 0) is 37.1 Å². The minimum atomic E-state index is 0.0300. The zero-order chi connectivity index (χ0) is 26.1. The van der Waals surface area contributed by atoms with E-state index in [4.69, 9.17) is 4.98 Å². The first-order chi connectivity index (χ1) is 18.7. The minimum absolute atomic E-state index is 0.0300. The number of benzene rings is 1. The predicted octanol–water partition coefficient (Wildman–Crippen LogP) is 2.81. The highest BCUT2D eigenvalue weighted by Crippen LogP contribution is 2.35. The molecule has 2 aliphatic heterocycles. The molecule has 1 N–H and O–H groups in total. The first-order valence-corrected chi connectivity index (χ1v) is 13.0. The summed E-state index contributed by atoms with van der Waals surface area (Å²) in [5, 5.41) is 12.8. The number of imidazole rings is 1. The van der Waals surface area contributed by atoms with Crippen molar-refractivity contribution in [2.45, 2.75) is 13.3 Å². The molecule has 1 saturated heterocycles. The zero-order valence-electron chi connectivity index (χ0n) is 21.3. The molecule has 1 fully saturated rings. The van der Waals surface area contributed by atoms with Crippen LogP contribution in [0.1, 0.15) is 18.1 Å². The fraction of sp³-hybridized carbons (Fsp3) is 0.321. The van der Waals surface area contributed by atoms with Gasteiger partial charge in [0, 0.05) is 75.3 Å². The maximum absolute atomic E-state index is 13.2. The largest absolute Gasteiger partial charge is 0.371 e. The number of hydrogen-bond donors (Lipinski definition) is 1. The molecule has 5 heterocycles. The fourth-order valence-electron chi connectivity index (χ4n) is 5.44. The van der Waals surface area contributed by atoms with Crippen molar-refractivity contribution >= 4 is 28.7 Å². The third-order valence-corrected chi connectivity index (χ3v) is 7.46. The lowest BCUT2D eigenvalue weighted by molar-refractivity contribution is -0.129. The molecule has 0 atom stereocenters. The number of fused-ring (bicyclic) bond motifs is 2. The van der Waals surface area contributed by atoms with Gasteiger partial charge < -0.3 is 20.0 Å². The maximum Gasteiger partial charge on any atom is 0.242 e. The lowest BCUT2D eigenvalue weighted by Gasteiger charge is -2.36. The Hall–Kier alpha value is -4.65. The van der Waals surface area contributed by atoms with Crippen molar-refractivity contribution in [2.75, 3.05) is 60.9 Å². The second-order valence-corrected chi connectivity index (χ2v) is 9.51. The molecule has 0 bridgehead atoms. The molecule has 0 saturated carbocycles. The number of carbonyl (C=O) groups excluding carboxylic acids is 1. The normalized spacial score (nSPS) is 15.0. The van der Waals surface area contributed by atoms with E-state index in [1.807, 2.05) is 21.6 Å². The third kappa shape index (κ3) is 4.26. The molecule has 0 aliphatic carbocycles. The van der Waals surface area contributed by atoms with Gasteiger partial charge in [-0.15, -0.1) is 0 Å². The van der Waals surface area contributed by atoms with Crippen LogP contribution in [0.15, 0.2) is 55.2 Å². The van der Waals surface area contributed by atoms with E-state index in [1.165, 1.54) is 11.3 Å². The number of carbonyl (C=O) groups is 1. The summed E-state index contributed by atoms with van der Waals surface area (Å²) in [5.41, 5.74) is 6.61. The molecule has 10 heteroatoms. The molecular formula is C28H29N9O. The highest BCUT2D eigenvalue weighted by atomic mass is 16.2. The molecule has 6 rings (SSSR count). The van der Waals surface area contributed by atoms with Crippen LogP contribution in [0.4, 0.5) is 17.2 Å². The van der Waals surface area contributed by atoms with Crippen LogP contribution in [0, 0.1) is 11.3 Å². The van der Waals surface area contributed by atoms with Crippen molar-refractivity contribution in [3.05, 3.63) is 66.4 Å². The molecular weight excluding hydrogens is 478 g/mol.